The molecule has 0 radical (unpaired) electrons. The van der Waals surface area contributed by atoms with Crippen LogP contribution in [0.4, 0.5) is 4.39 Å². The van der Waals surface area contributed by atoms with E-state index in [9.17, 15) is 4.39 Å². The van der Waals surface area contributed by atoms with Gasteiger partial charge in [-0.15, -0.1) is 0 Å². The summed E-state index contributed by atoms with van der Waals surface area (Å²) in [4.78, 5) is 0.0467. The molecule has 0 saturated carbocycles. The van der Waals surface area contributed by atoms with Crippen molar-refractivity contribution in [2.75, 3.05) is 0 Å². The van der Waals surface area contributed by atoms with Crippen molar-refractivity contribution in [3.8, 4) is 0 Å². The van der Waals surface area contributed by atoms with Crippen LogP contribution in [-0.4, -0.2) is 0 Å². The van der Waals surface area contributed by atoms with Gasteiger partial charge in [-0.05, 0) is 41.8 Å². The first-order valence-corrected chi connectivity index (χ1v) is 7.07. The topological polar surface area (TPSA) is 0 Å². The van der Waals surface area contributed by atoms with Crippen LogP contribution >= 0.6 is 39.1 Å². The summed E-state index contributed by atoms with van der Waals surface area (Å²) >= 11 is 15.0. The van der Waals surface area contributed by atoms with Crippen LogP contribution in [0.1, 0.15) is 16.0 Å². The van der Waals surface area contributed by atoms with Crippen LogP contribution in [0.15, 0.2) is 42.5 Å². The predicted molar refractivity (Wildman–Crippen MR) is 78.2 cm³/mol. The van der Waals surface area contributed by atoms with Crippen molar-refractivity contribution in [3.63, 3.8) is 0 Å². The molecule has 0 aromatic heterocycles. The third-order valence-corrected chi connectivity index (χ3v) is 4.04. The number of halogens is 4. The van der Waals surface area contributed by atoms with Crippen LogP contribution in [0, 0.1) is 5.82 Å². The summed E-state index contributed by atoms with van der Waals surface area (Å²) in [6, 6.07) is 12.5. The van der Waals surface area contributed by atoms with Crippen LogP contribution in [0.5, 0.6) is 0 Å². The zero-order valence-electron chi connectivity index (χ0n) is 9.34. The van der Waals surface area contributed by atoms with Gasteiger partial charge in [-0.25, -0.2) is 4.39 Å². The molecule has 1 unspecified atom stereocenters. The molecular formula is C14H10BrCl2F. The van der Waals surface area contributed by atoms with Gasteiger partial charge in [0, 0.05) is 9.85 Å². The van der Waals surface area contributed by atoms with Crippen LogP contribution in [0.3, 0.4) is 0 Å². The second kappa shape index (κ2) is 6.05. The van der Waals surface area contributed by atoms with E-state index in [0.717, 1.165) is 17.5 Å². The molecule has 0 spiro atoms. The number of hydrogen-bond acceptors (Lipinski definition) is 0. The highest BCUT2D eigenvalue weighted by Gasteiger charge is 2.11. The smallest absolute Gasteiger partial charge is 0.142 e. The number of benzene rings is 2. The lowest BCUT2D eigenvalue weighted by Gasteiger charge is -2.11. The molecule has 4 heteroatoms. The zero-order valence-corrected chi connectivity index (χ0v) is 12.4. The van der Waals surface area contributed by atoms with Crippen molar-refractivity contribution < 1.29 is 4.39 Å². The lowest BCUT2D eigenvalue weighted by atomic mass is 10.0. The molecule has 0 heterocycles. The summed E-state index contributed by atoms with van der Waals surface area (Å²) in [6.07, 6.45) is 0.762. The largest absolute Gasteiger partial charge is 0.205 e. The van der Waals surface area contributed by atoms with Crippen LogP contribution in [-0.2, 0) is 6.42 Å². The van der Waals surface area contributed by atoms with Crippen molar-refractivity contribution in [2.45, 2.75) is 11.2 Å². The average molecular weight is 348 g/mol. The molecule has 2 rings (SSSR count). The van der Waals surface area contributed by atoms with Crippen molar-refractivity contribution in [3.05, 3.63) is 69.5 Å². The predicted octanol–water partition coefficient (Wildman–Crippen LogP) is 5.81. The lowest BCUT2D eigenvalue weighted by molar-refractivity contribution is 0.625. The highest BCUT2D eigenvalue weighted by Crippen LogP contribution is 2.29. The molecule has 0 aliphatic rings. The highest BCUT2D eigenvalue weighted by molar-refractivity contribution is 9.09. The van der Waals surface area contributed by atoms with E-state index in [4.69, 9.17) is 23.2 Å². The molecule has 94 valence electrons. The van der Waals surface area contributed by atoms with Gasteiger partial charge in [0.25, 0.3) is 0 Å². The maximum atomic E-state index is 13.4. The Balaban J connectivity index is 2.13. The number of hydrogen-bond donors (Lipinski definition) is 0. The van der Waals surface area contributed by atoms with Crippen molar-refractivity contribution in [2.24, 2.45) is 0 Å². The SMILES string of the molecule is Fc1cc(C(Br)Cc2ccc(Cl)cc2)ccc1Cl. The Morgan fingerprint density at radius 2 is 1.72 bits per heavy atom. The van der Waals surface area contributed by atoms with Crippen molar-refractivity contribution in [1.82, 2.24) is 0 Å². The first-order chi connectivity index (χ1) is 8.56. The van der Waals surface area contributed by atoms with Gasteiger partial charge in [-0.3, -0.25) is 0 Å². The fraction of sp³-hybridized carbons (Fsp3) is 0.143. The van der Waals surface area contributed by atoms with E-state index in [1.54, 1.807) is 6.07 Å². The molecule has 0 nitrogen and oxygen atoms in total. The van der Waals surface area contributed by atoms with E-state index in [0.29, 0.717) is 5.02 Å². The van der Waals surface area contributed by atoms with E-state index < -0.39 is 5.82 Å². The van der Waals surface area contributed by atoms with E-state index in [-0.39, 0.29) is 9.85 Å². The summed E-state index contributed by atoms with van der Waals surface area (Å²) in [7, 11) is 0. The normalized spacial score (nSPS) is 12.4. The fourth-order valence-corrected chi connectivity index (χ4v) is 2.55. The summed E-state index contributed by atoms with van der Waals surface area (Å²) in [6.45, 7) is 0. The maximum Gasteiger partial charge on any atom is 0.142 e. The Kier molecular flexibility index (Phi) is 4.66. The first-order valence-electron chi connectivity index (χ1n) is 5.40. The Morgan fingerprint density at radius 3 is 2.33 bits per heavy atom. The molecule has 2 aromatic carbocycles. The minimum Gasteiger partial charge on any atom is -0.205 e. The summed E-state index contributed by atoms with van der Waals surface area (Å²) in [5.41, 5.74) is 2.00. The zero-order chi connectivity index (χ0) is 13.1. The number of alkyl halides is 1. The monoisotopic (exact) mass is 346 g/mol. The van der Waals surface area contributed by atoms with Crippen molar-refractivity contribution in [1.29, 1.82) is 0 Å². The van der Waals surface area contributed by atoms with E-state index in [1.165, 1.54) is 6.07 Å². The van der Waals surface area contributed by atoms with E-state index in [2.05, 4.69) is 15.9 Å². The van der Waals surface area contributed by atoms with E-state index >= 15 is 0 Å². The van der Waals surface area contributed by atoms with Crippen LogP contribution in [0.25, 0.3) is 0 Å². The molecule has 0 saturated heterocycles. The Morgan fingerprint density at radius 1 is 1.06 bits per heavy atom. The lowest BCUT2D eigenvalue weighted by Crippen LogP contribution is -1.96. The van der Waals surface area contributed by atoms with Gasteiger partial charge >= 0.3 is 0 Å². The molecule has 2 aromatic rings. The molecule has 0 N–H and O–H groups in total. The molecule has 0 aliphatic heterocycles. The van der Waals surface area contributed by atoms with E-state index in [1.807, 2.05) is 30.3 Å². The molecular weight excluding hydrogens is 338 g/mol. The van der Waals surface area contributed by atoms with Crippen LogP contribution < -0.4 is 0 Å². The summed E-state index contributed by atoms with van der Waals surface area (Å²) in [5, 5.41) is 0.854. The van der Waals surface area contributed by atoms with Crippen LogP contribution in [0.2, 0.25) is 10.0 Å². The molecule has 0 fully saturated rings. The quantitative estimate of drug-likeness (QED) is 0.614. The minimum atomic E-state index is -0.394. The molecule has 0 bridgehead atoms. The molecule has 0 amide bonds. The highest BCUT2D eigenvalue weighted by atomic mass is 79.9. The fourth-order valence-electron chi connectivity index (χ4n) is 1.65. The minimum absolute atomic E-state index is 0.0467. The van der Waals surface area contributed by atoms with Gasteiger partial charge < -0.3 is 0 Å². The summed E-state index contributed by atoms with van der Waals surface area (Å²) in [5.74, 6) is -0.394. The molecule has 18 heavy (non-hydrogen) atoms. The average Bonchev–Trinajstić information content (AvgIpc) is 2.35. The number of rotatable bonds is 3. The van der Waals surface area contributed by atoms with Crippen molar-refractivity contribution >= 4 is 39.1 Å². The van der Waals surface area contributed by atoms with Gasteiger partial charge in [0.05, 0.1) is 5.02 Å². The van der Waals surface area contributed by atoms with Gasteiger partial charge in [-0.1, -0.05) is 57.3 Å². The standard InChI is InChI=1S/C14H10BrCl2F/c15-12(7-9-1-4-11(16)5-2-9)10-3-6-13(17)14(18)8-10/h1-6,8,12H,7H2. The second-order valence-electron chi connectivity index (χ2n) is 3.97. The summed E-state index contributed by atoms with van der Waals surface area (Å²) < 4.78 is 13.4. The Hall–Kier alpha value is -0.570. The third-order valence-electron chi connectivity index (χ3n) is 2.63. The van der Waals surface area contributed by atoms with Gasteiger partial charge in [0.2, 0.25) is 0 Å². The Labute approximate surface area is 124 Å². The molecule has 1 atom stereocenters. The molecule has 0 aliphatic carbocycles. The third kappa shape index (κ3) is 3.47. The Bertz CT molecular complexity index is 540. The first kappa shape index (κ1) is 13.9. The maximum absolute atomic E-state index is 13.4. The second-order valence-corrected chi connectivity index (χ2v) is 5.92. The van der Waals surface area contributed by atoms with Gasteiger partial charge in [0.15, 0.2) is 0 Å². The van der Waals surface area contributed by atoms with Gasteiger partial charge in [-0.2, -0.15) is 0 Å². The van der Waals surface area contributed by atoms with Gasteiger partial charge in [0.1, 0.15) is 5.82 Å².